The number of fused-ring (bicyclic) bond motifs is 1. The van der Waals surface area contributed by atoms with E-state index in [0.717, 1.165) is 16.5 Å². The Morgan fingerprint density at radius 3 is 3.00 bits per heavy atom. The molecular formula is C12H14FN3O. The molecule has 1 aromatic heterocycles. The van der Waals surface area contributed by atoms with E-state index in [9.17, 15) is 9.18 Å². The van der Waals surface area contributed by atoms with Crippen molar-refractivity contribution in [2.75, 3.05) is 12.3 Å². The SMILES string of the molecule is CC(=O)NCCc1c[nH]c2cc(N)c(F)cc12. The molecule has 0 saturated carbocycles. The number of aromatic amines is 1. The molecule has 0 radical (unpaired) electrons. The average molecular weight is 235 g/mol. The largest absolute Gasteiger partial charge is 0.396 e. The molecule has 1 heterocycles. The third kappa shape index (κ3) is 2.38. The molecule has 17 heavy (non-hydrogen) atoms. The number of carbonyl (C=O) groups excluding carboxylic acids is 1. The van der Waals surface area contributed by atoms with E-state index in [0.29, 0.717) is 13.0 Å². The van der Waals surface area contributed by atoms with E-state index in [-0.39, 0.29) is 11.6 Å². The first-order valence-electron chi connectivity index (χ1n) is 5.37. The fourth-order valence-corrected chi connectivity index (χ4v) is 1.80. The summed E-state index contributed by atoms with van der Waals surface area (Å²) in [7, 11) is 0. The Kier molecular flexibility index (Phi) is 2.99. The number of nitrogens with one attached hydrogen (secondary N) is 2. The van der Waals surface area contributed by atoms with Crippen LogP contribution in [0.5, 0.6) is 0 Å². The van der Waals surface area contributed by atoms with Crippen LogP contribution in [0.15, 0.2) is 18.3 Å². The maximum Gasteiger partial charge on any atom is 0.216 e. The minimum Gasteiger partial charge on any atom is -0.396 e. The second-order valence-electron chi connectivity index (χ2n) is 3.97. The van der Waals surface area contributed by atoms with Gasteiger partial charge in [0.05, 0.1) is 5.69 Å². The molecule has 0 atom stereocenters. The van der Waals surface area contributed by atoms with Gasteiger partial charge in [0, 0.05) is 30.6 Å². The van der Waals surface area contributed by atoms with Crippen molar-refractivity contribution >= 4 is 22.5 Å². The van der Waals surface area contributed by atoms with Crippen LogP contribution in [0.1, 0.15) is 12.5 Å². The first kappa shape index (κ1) is 11.4. The zero-order chi connectivity index (χ0) is 12.4. The molecule has 0 aliphatic carbocycles. The Labute approximate surface area is 98.0 Å². The van der Waals surface area contributed by atoms with Gasteiger partial charge >= 0.3 is 0 Å². The molecule has 0 saturated heterocycles. The molecule has 0 aliphatic heterocycles. The van der Waals surface area contributed by atoms with Crippen molar-refractivity contribution in [2.24, 2.45) is 0 Å². The lowest BCUT2D eigenvalue weighted by molar-refractivity contribution is -0.118. The van der Waals surface area contributed by atoms with Crippen molar-refractivity contribution in [2.45, 2.75) is 13.3 Å². The Hall–Kier alpha value is -2.04. The molecule has 2 rings (SSSR count). The average Bonchev–Trinajstić information content (AvgIpc) is 2.62. The highest BCUT2D eigenvalue weighted by Gasteiger charge is 2.07. The topological polar surface area (TPSA) is 70.9 Å². The van der Waals surface area contributed by atoms with Gasteiger partial charge in [-0.25, -0.2) is 4.39 Å². The molecule has 0 spiro atoms. The Morgan fingerprint density at radius 1 is 1.53 bits per heavy atom. The van der Waals surface area contributed by atoms with Crippen molar-refractivity contribution in [3.63, 3.8) is 0 Å². The zero-order valence-electron chi connectivity index (χ0n) is 9.51. The van der Waals surface area contributed by atoms with Gasteiger partial charge in [0.25, 0.3) is 0 Å². The number of halogens is 1. The van der Waals surface area contributed by atoms with Crippen LogP contribution in [-0.4, -0.2) is 17.4 Å². The highest BCUT2D eigenvalue weighted by atomic mass is 19.1. The number of anilines is 1. The van der Waals surface area contributed by atoms with Crippen LogP contribution >= 0.6 is 0 Å². The Morgan fingerprint density at radius 2 is 2.29 bits per heavy atom. The van der Waals surface area contributed by atoms with Crippen LogP contribution in [0.3, 0.4) is 0 Å². The van der Waals surface area contributed by atoms with Crippen molar-refractivity contribution in [3.05, 3.63) is 29.7 Å². The fourth-order valence-electron chi connectivity index (χ4n) is 1.80. The predicted molar refractivity (Wildman–Crippen MR) is 65.1 cm³/mol. The van der Waals surface area contributed by atoms with E-state index in [1.807, 2.05) is 6.20 Å². The number of hydrogen-bond acceptors (Lipinski definition) is 2. The second-order valence-corrected chi connectivity index (χ2v) is 3.97. The van der Waals surface area contributed by atoms with E-state index in [1.54, 1.807) is 6.07 Å². The fraction of sp³-hybridized carbons (Fsp3) is 0.250. The van der Waals surface area contributed by atoms with Gasteiger partial charge in [-0.3, -0.25) is 4.79 Å². The van der Waals surface area contributed by atoms with E-state index in [2.05, 4.69) is 10.3 Å². The zero-order valence-corrected chi connectivity index (χ0v) is 9.51. The van der Waals surface area contributed by atoms with E-state index < -0.39 is 5.82 Å². The first-order chi connectivity index (χ1) is 8.08. The highest BCUT2D eigenvalue weighted by molar-refractivity contribution is 5.86. The molecule has 2 aromatic rings. The molecule has 0 unspecified atom stereocenters. The molecule has 5 heteroatoms. The Bertz CT molecular complexity index is 562. The number of rotatable bonds is 3. The summed E-state index contributed by atoms with van der Waals surface area (Å²) in [4.78, 5) is 13.8. The lowest BCUT2D eigenvalue weighted by atomic mass is 10.1. The minimum atomic E-state index is -0.419. The lowest BCUT2D eigenvalue weighted by Crippen LogP contribution is -2.22. The highest BCUT2D eigenvalue weighted by Crippen LogP contribution is 2.23. The summed E-state index contributed by atoms with van der Waals surface area (Å²) >= 11 is 0. The standard InChI is InChI=1S/C12H14FN3O/c1-7(17)15-3-2-8-6-16-12-5-11(14)10(13)4-9(8)12/h4-6,16H,2-3,14H2,1H3,(H,15,17). The number of aromatic nitrogens is 1. The van der Waals surface area contributed by atoms with Gasteiger partial charge in [-0.15, -0.1) is 0 Å². The van der Waals surface area contributed by atoms with Gasteiger partial charge in [0.1, 0.15) is 5.82 Å². The maximum absolute atomic E-state index is 13.3. The lowest BCUT2D eigenvalue weighted by Gasteiger charge is -2.02. The second kappa shape index (κ2) is 4.45. The molecule has 0 bridgehead atoms. The van der Waals surface area contributed by atoms with Gasteiger partial charge in [-0.05, 0) is 24.1 Å². The molecule has 90 valence electrons. The van der Waals surface area contributed by atoms with Crippen LogP contribution in [0.2, 0.25) is 0 Å². The van der Waals surface area contributed by atoms with Crippen LogP contribution in [0, 0.1) is 5.82 Å². The summed E-state index contributed by atoms with van der Waals surface area (Å²) in [5.74, 6) is -0.488. The summed E-state index contributed by atoms with van der Waals surface area (Å²) in [5, 5.41) is 3.51. The molecule has 0 fully saturated rings. The third-order valence-electron chi connectivity index (χ3n) is 2.65. The number of amides is 1. The summed E-state index contributed by atoms with van der Waals surface area (Å²) in [6, 6.07) is 3.00. The van der Waals surface area contributed by atoms with Gasteiger partial charge in [0.15, 0.2) is 0 Å². The summed E-state index contributed by atoms with van der Waals surface area (Å²) in [6.45, 7) is 2.00. The number of carbonyl (C=O) groups is 1. The monoisotopic (exact) mass is 235 g/mol. The number of nitrogens with two attached hydrogens (primary N) is 1. The van der Waals surface area contributed by atoms with E-state index in [4.69, 9.17) is 5.73 Å². The predicted octanol–water partition coefficient (Wildman–Crippen LogP) is 1.57. The van der Waals surface area contributed by atoms with Crippen molar-refractivity contribution in [1.82, 2.24) is 10.3 Å². The summed E-state index contributed by atoms with van der Waals surface area (Å²) < 4.78 is 13.3. The first-order valence-corrected chi connectivity index (χ1v) is 5.37. The van der Waals surface area contributed by atoms with Crippen LogP contribution in [0.25, 0.3) is 10.9 Å². The van der Waals surface area contributed by atoms with E-state index in [1.165, 1.54) is 13.0 Å². The maximum atomic E-state index is 13.3. The number of H-pyrrole nitrogens is 1. The molecule has 4 N–H and O–H groups in total. The smallest absolute Gasteiger partial charge is 0.216 e. The third-order valence-corrected chi connectivity index (χ3v) is 2.65. The molecule has 1 aromatic carbocycles. The van der Waals surface area contributed by atoms with Gasteiger partial charge < -0.3 is 16.0 Å². The number of benzene rings is 1. The van der Waals surface area contributed by atoms with Gasteiger partial charge in [-0.1, -0.05) is 0 Å². The normalized spacial score (nSPS) is 10.7. The molecule has 4 nitrogen and oxygen atoms in total. The minimum absolute atomic E-state index is 0.0692. The van der Waals surface area contributed by atoms with Crippen LogP contribution in [0.4, 0.5) is 10.1 Å². The number of hydrogen-bond donors (Lipinski definition) is 3. The van der Waals surface area contributed by atoms with Crippen molar-refractivity contribution in [1.29, 1.82) is 0 Å². The molecular weight excluding hydrogens is 221 g/mol. The van der Waals surface area contributed by atoms with E-state index >= 15 is 0 Å². The van der Waals surface area contributed by atoms with Gasteiger partial charge in [-0.2, -0.15) is 0 Å². The molecule has 1 amide bonds. The number of nitrogen functional groups attached to an aromatic ring is 1. The molecule has 0 aliphatic rings. The summed E-state index contributed by atoms with van der Waals surface area (Å²) in [5.41, 5.74) is 7.39. The quantitative estimate of drug-likeness (QED) is 0.707. The van der Waals surface area contributed by atoms with Crippen molar-refractivity contribution in [3.8, 4) is 0 Å². The van der Waals surface area contributed by atoms with Crippen molar-refractivity contribution < 1.29 is 9.18 Å². The van der Waals surface area contributed by atoms with Crippen LogP contribution < -0.4 is 11.1 Å². The van der Waals surface area contributed by atoms with Gasteiger partial charge in [0.2, 0.25) is 5.91 Å². The summed E-state index contributed by atoms with van der Waals surface area (Å²) in [6.07, 6.45) is 2.47. The van der Waals surface area contributed by atoms with Crippen LogP contribution in [-0.2, 0) is 11.2 Å². The Balaban J connectivity index is 2.23.